The minimum absolute atomic E-state index is 0.0259. The fourth-order valence-corrected chi connectivity index (χ4v) is 5.64. The van der Waals surface area contributed by atoms with E-state index in [0.717, 1.165) is 21.9 Å². The van der Waals surface area contributed by atoms with Crippen LogP contribution in [0.5, 0.6) is 5.19 Å². The second-order valence-electron chi connectivity index (χ2n) is 9.79. The third-order valence-electron chi connectivity index (χ3n) is 6.90. The first kappa shape index (κ1) is 27.7. The highest BCUT2D eigenvalue weighted by molar-refractivity contribution is 7.13. The smallest absolute Gasteiger partial charge is 0.340 e. The number of aromatic nitrogens is 4. The van der Waals surface area contributed by atoms with Crippen LogP contribution in [0.15, 0.2) is 6.20 Å². The molecule has 3 heterocycles. The van der Waals surface area contributed by atoms with Gasteiger partial charge in [0.15, 0.2) is 6.61 Å². The lowest BCUT2D eigenvalue weighted by molar-refractivity contribution is -0.148. The number of amides is 1. The van der Waals surface area contributed by atoms with E-state index in [2.05, 4.69) is 25.4 Å². The average molecular weight is 551 g/mol. The van der Waals surface area contributed by atoms with Crippen molar-refractivity contribution in [3.63, 3.8) is 0 Å². The monoisotopic (exact) mass is 550 g/mol. The Kier molecular flexibility index (Phi) is 8.66. The number of aryl methyl sites for hydroxylation is 1. The number of hydrogen-bond donors (Lipinski definition) is 1. The van der Waals surface area contributed by atoms with Gasteiger partial charge in [-0.3, -0.25) is 4.79 Å². The summed E-state index contributed by atoms with van der Waals surface area (Å²) in [6.45, 7) is 0.479. The summed E-state index contributed by atoms with van der Waals surface area (Å²) < 4.78 is 71.2. The maximum atomic E-state index is 15.5. The first-order valence-electron chi connectivity index (χ1n) is 12.3. The molecule has 0 radical (unpaired) electrons. The largest absolute Gasteiger partial charge is 0.463 e. The van der Waals surface area contributed by atoms with Gasteiger partial charge in [-0.2, -0.15) is 23.8 Å². The molecule has 14 heteroatoms. The van der Waals surface area contributed by atoms with Crippen LogP contribution in [-0.2, 0) is 31.1 Å². The van der Waals surface area contributed by atoms with Crippen molar-refractivity contribution in [2.24, 2.45) is 7.05 Å². The van der Waals surface area contributed by atoms with Gasteiger partial charge >= 0.3 is 12.3 Å². The summed E-state index contributed by atoms with van der Waals surface area (Å²) in [5, 5.41) is 11.0. The van der Waals surface area contributed by atoms with Gasteiger partial charge < -0.3 is 15.0 Å². The first-order chi connectivity index (χ1) is 17.5. The number of carbonyl (C=O) groups is 1. The number of fused-ring (bicyclic) bond motifs is 1. The lowest BCUT2D eigenvalue weighted by atomic mass is 9.81. The van der Waals surface area contributed by atoms with Crippen molar-refractivity contribution in [3.8, 4) is 5.19 Å². The van der Waals surface area contributed by atoms with Gasteiger partial charge in [0, 0.05) is 44.0 Å². The van der Waals surface area contributed by atoms with Crippen molar-refractivity contribution in [3.05, 3.63) is 22.5 Å². The van der Waals surface area contributed by atoms with Gasteiger partial charge in [-0.05, 0) is 38.5 Å². The maximum Gasteiger partial charge on any atom is 0.340 e. The molecule has 8 nitrogen and oxygen atoms in total. The zero-order valence-corrected chi connectivity index (χ0v) is 21.4. The van der Waals surface area contributed by atoms with Crippen LogP contribution in [0.25, 0.3) is 0 Å². The van der Waals surface area contributed by atoms with E-state index in [9.17, 15) is 22.4 Å². The molecular weight excluding hydrogens is 519 g/mol. The molecule has 37 heavy (non-hydrogen) atoms. The Labute approximate surface area is 215 Å². The standard InChI is InChI=1S/C23H31F5N6O2S/c1-33-29-13-16(32-33)12-19(35)30-15-2-6-22(26,7-3-15)8-11-34-9-4-17-18(5-10-34)37-21(31-17)36-14-23(27,28)20(24)25/h13,15,20H,2-12,14H2,1H3,(H,30,35)/t15-,22+. The van der Waals surface area contributed by atoms with Crippen molar-refractivity contribution in [2.75, 3.05) is 26.2 Å². The average Bonchev–Trinajstić information content (AvgIpc) is 3.38. The van der Waals surface area contributed by atoms with Crippen molar-refractivity contribution in [1.82, 2.24) is 30.2 Å². The van der Waals surface area contributed by atoms with Crippen molar-refractivity contribution in [1.29, 1.82) is 0 Å². The van der Waals surface area contributed by atoms with E-state index in [1.54, 1.807) is 13.2 Å². The normalized spacial score (nSPS) is 23.1. The van der Waals surface area contributed by atoms with Crippen LogP contribution in [0.1, 0.15) is 48.4 Å². The van der Waals surface area contributed by atoms with Crippen LogP contribution < -0.4 is 10.1 Å². The van der Waals surface area contributed by atoms with Gasteiger partial charge in [-0.1, -0.05) is 11.3 Å². The molecule has 0 spiro atoms. The predicted molar refractivity (Wildman–Crippen MR) is 126 cm³/mol. The van der Waals surface area contributed by atoms with E-state index in [1.807, 2.05) is 0 Å². The van der Waals surface area contributed by atoms with E-state index in [0.29, 0.717) is 70.3 Å². The molecule has 0 saturated heterocycles. The van der Waals surface area contributed by atoms with Gasteiger partial charge in [0.05, 0.1) is 24.0 Å². The highest BCUT2D eigenvalue weighted by Gasteiger charge is 2.42. The Morgan fingerprint density at radius 2 is 2.03 bits per heavy atom. The zero-order valence-electron chi connectivity index (χ0n) is 20.6. The van der Waals surface area contributed by atoms with Crippen LogP contribution >= 0.6 is 11.3 Å². The van der Waals surface area contributed by atoms with Crippen LogP contribution in [-0.4, -0.2) is 81.1 Å². The van der Waals surface area contributed by atoms with Crippen molar-refractivity contribution < 1.29 is 31.5 Å². The van der Waals surface area contributed by atoms with Gasteiger partial charge in [0.25, 0.3) is 5.19 Å². The molecule has 0 aromatic carbocycles. The molecule has 206 valence electrons. The van der Waals surface area contributed by atoms with Gasteiger partial charge in [-0.25, -0.2) is 18.2 Å². The summed E-state index contributed by atoms with van der Waals surface area (Å²) in [6, 6.07) is -0.0506. The fraction of sp³-hybridized carbons (Fsp3) is 0.739. The SMILES string of the molecule is Cn1ncc(CC(=O)N[C@H]2CC[C@](F)(CCN3CCc4nc(OCC(F)(F)C(F)F)sc4CC3)CC2)n1. The Balaban J connectivity index is 1.17. The number of ether oxygens (including phenoxy) is 1. The van der Waals surface area contributed by atoms with Crippen LogP contribution in [0.3, 0.4) is 0 Å². The fourth-order valence-electron chi connectivity index (χ4n) is 4.69. The number of thiazole rings is 1. The summed E-state index contributed by atoms with van der Waals surface area (Å²) in [6.07, 6.45) is 1.40. The number of halogens is 5. The lowest BCUT2D eigenvalue weighted by Gasteiger charge is -2.35. The molecule has 1 aliphatic carbocycles. The van der Waals surface area contributed by atoms with Crippen LogP contribution in [0.2, 0.25) is 0 Å². The zero-order chi connectivity index (χ0) is 26.6. The highest BCUT2D eigenvalue weighted by Crippen LogP contribution is 2.36. The van der Waals surface area contributed by atoms with Crippen molar-refractivity contribution >= 4 is 17.2 Å². The highest BCUT2D eigenvalue weighted by atomic mass is 32.1. The van der Waals surface area contributed by atoms with Gasteiger partial charge in [0.1, 0.15) is 5.67 Å². The summed E-state index contributed by atoms with van der Waals surface area (Å²) in [5.74, 6) is -4.36. The molecule has 2 aromatic heterocycles. The third kappa shape index (κ3) is 7.59. The van der Waals surface area contributed by atoms with E-state index >= 15 is 4.39 Å². The molecule has 1 fully saturated rings. The number of hydrogen-bond acceptors (Lipinski definition) is 7. The molecule has 0 bridgehead atoms. The molecule has 2 aromatic rings. The second-order valence-corrected chi connectivity index (χ2v) is 10.8. The van der Waals surface area contributed by atoms with Crippen LogP contribution in [0.4, 0.5) is 22.0 Å². The summed E-state index contributed by atoms with van der Waals surface area (Å²) in [4.78, 5) is 20.9. The quantitative estimate of drug-likeness (QED) is 0.457. The second kappa shape index (κ2) is 11.6. The molecule has 4 rings (SSSR count). The Morgan fingerprint density at radius 1 is 1.30 bits per heavy atom. The van der Waals surface area contributed by atoms with E-state index in [-0.39, 0.29) is 23.6 Å². The third-order valence-corrected chi connectivity index (χ3v) is 7.97. The van der Waals surface area contributed by atoms with E-state index in [4.69, 9.17) is 4.74 Å². The minimum atomic E-state index is -4.22. The number of nitrogens with zero attached hydrogens (tertiary/aromatic N) is 5. The van der Waals surface area contributed by atoms with E-state index in [1.165, 1.54) is 4.80 Å². The number of carbonyl (C=O) groups excluding carboxylic acids is 1. The maximum absolute atomic E-state index is 15.5. The first-order valence-corrected chi connectivity index (χ1v) is 13.2. The lowest BCUT2D eigenvalue weighted by Crippen LogP contribution is -2.43. The number of rotatable bonds is 10. The molecule has 0 atom stereocenters. The number of alkyl halides is 5. The molecule has 0 unspecified atom stereocenters. The summed E-state index contributed by atoms with van der Waals surface area (Å²) >= 11 is 1.10. The minimum Gasteiger partial charge on any atom is -0.463 e. The summed E-state index contributed by atoms with van der Waals surface area (Å²) in [7, 11) is 1.69. The van der Waals surface area contributed by atoms with Crippen LogP contribution in [0, 0.1) is 0 Å². The molecule has 1 amide bonds. The molecule has 2 aliphatic rings. The molecule has 1 saturated carbocycles. The molecule has 1 aliphatic heterocycles. The van der Waals surface area contributed by atoms with Crippen molar-refractivity contribution in [2.45, 2.75) is 75.4 Å². The van der Waals surface area contributed by atoms with Gasteiger partial charge in [-0.15, -0.1) is 0 Å². The van der Waals surface area contributed by atoms with E-state index < -0.39 is 24.6 Å². The number of nitrogens with one attached hydrogen (secondary N) is 1. The predicted octanol–water partition coefficient (Wildman–Crippen LogP) is 3.35. The Hall–Kier alpha value is -2.35. The Bertz CT molecular complexity index is 1030. The molecular formula is C23H31F5N6O2S. The summed E-state index contributed by atoms with van der Waals surface area (Å²) in [5.41, 5.74) is 0.0311. The topological polar surface area (TPSA) is 85.2 Å². The molecule has 1 N–H and O–H groups in total. The van der Waals surface area contributed by atoms with Gasteiger partial charge in [0.2, 0.25) is 5.91 Å². The Morgan fingerprint density at radius 3 is 2.70 bits per heavy atom.